The van der Waals surface area contributed by atoms with Crippen LogP contribution in [0.4, 0.5) is 4.39 Å². The molecular formula is C21H21FN2O5S2. The Morgan fingerprint density at radius 2 is 1.77 bits per heavy atom. The summed E-state index contributed by atoms with van der Waals surface area (Å²) in [7, 11) is -3.99. The fraction of sp³-hybridized carbons (Fsp3) is 0.286. The van der Waals surface area contributed by atoms with Crippen molar-refractivity contribution in [3.63, 3.8) is 0 Å². The number of ether oxygens (including phenoxy) is 1. The molecule has 31 heavy (non-hydrogen) atoms. The van der Waals surface area contributed by atoms with Crippen molar-refractivity contribution in [3.05, 3.63) is 58.1 Å². The summed E-state index contributed by atoms with van der Waals surface area (Å²) < 4.78 is 45.4. The van der Waals surface area contributed by atoms with Crippen molar-refractivity contribution in [2.45, 2.75) is 32.2 Å². The molecule has 0 radical (unpaired) electrons. The highest BCUT2D eigenvalue weighted by Gasteiger charge is 2.20. The van der Waals surface area contributed by atoms with Crippen LogP contribution >= 0.6 is 11.3 Å². The normalized spacial score (nSPS) is 12.3. The van der Waals surface area contributed by atoms with Crippen molar-refractivity contribution in [1.82, 2.24) is 4.57 Å². The quantitative estimate of drug-likeness (QED) is 0.413. The lowest BCUT2D eigenvalue weighted by Crippen LogP contribution is -2.24. The Hall–Kier alpha value is -2.85. The van der Waals surface area contributed by atoms with Crippen LogP contribution in [0.5, 0.6) is 0 Å². The van der Waals surface area contributed by atoms with Gasteiger partial charge in [-0.2, -0.15) is 4.99 Å². The molecule has 3 aromatic rings. The van der Waals surface area contributed by atoms with E-state index in [0.29, 0.717) is 5.52 Å². The van der Waals surface area contributed by atoms with Gasteiger partial charge >= 0.3 is 5.97 Å². The van der Waals surface area contributed by atoms with Gasteiger partial charge in [0, 0.05) is 0 Å². The second kappa shape index (κ2) is 9.11. The van der Waals surface area contributed by atoms with E-state index >= 15 is 0 Å². The molecule has 7 nitrogen and oxygen atoms in total. The minimum Gasteiger partial charge on any atom is -0.465 e. The van der Waals surface area contributed by atoms with Crippen LogP contribution in [0.1, 0.15) is 18.1 Å². The lowest BCUT2D eigenvalue weighted by molar-refractivity contribution is -0.143. The monoisotopic (exact) mass is 464 g/mol. The highest BCUT2D eigenvalue weighted by Crippen LogP contribution is 2.22. The molecule has 0 N–H and O–H groups in total. The third-order valence-corrected chi connectivity index (χ3v) is 7.26. The van der Waals surface area contributed by atoms with Gasteiger partial charge in [-0.3, -0.25) is 9.59 Å². The average Bonchev–Trinajstić information content (AvgIpc) is 2.98. The maximum Gasteiger partial charge on any atom is 0.326 e. The Morgan fingerprint density at radius 1 is 1.13 bits per heavy atom. The molecular weight excluding hydrogens is 443 g/mol. The molecule has 0 atom stereocenters. The Balaban J connectivity index is 2.02. The number of fused-ring (bicyclic) bond motifs is 1. The number of carbonyl (C=O) groups excluding carboxylic acids is 2. The van der Waals surface area contributed by atoms with Crippen molar-refractivity contribution >= 4 is 43.3 Å². The largest absolute Gasteiger partial charge is 0.465 e. The number of esters is 1. The second-order valence-electron chi connectivity index (χ2n) is 6.90. The van der Waals surface area contributed by atoms with Gasteiger partial charge in [-0.05, 0) is 68.3 Å². The summed E-state index contributed by atoms with van der Waals surface area (Å²) in [5.74, 6) is -2.83. The zero-order chi connectivity index (χ0) is 22.8. The minimum atomic E-state index is -3.99. The molecule has 0 saturated heterocycles. The maximum atomic E-state index is 13.1. The predicted octanol–water partition coefficient (Wildman–Crippen LogP) is 2.92. The van der Waals surface area contributed by atoms with E-state index in [1.807, 2.05) is 26.0 Å². The van der Waals surface area contributed by atoms with E-state index in [2.05, 4.69) is 4.99 Å². The first-order valence-electron chi connectivity index (χ1n) is 9.43. The second-order valence-corrected chi connectivity index (χ2v) is 9.90. The molecule has 0 spiro atoms. The van der Waals surface area contributed by atoms with Crippen LogP contribution < -0.4 is 4.80 Å². The molecule has 0 fully saturated rings. The molecule has 2 aromatic carbocycles. The molecule has 1 heterocycles. The molecule has 0 saturated carbocycles. The summed E-state index contributed by atoms with van der Waals surface area (Å²) in [6, 6.07) is 8.04. The number of halogens is 1. The first kappa shape index (κ1) is 22.8. The Kier molecular flexibility index (Phi) is 6.71. The van der Waals surface area contributed by atoms with Crippen molar-refractivity contribution in [3.8, 4) is 0 Å². The van der Waals surface area contributed by atoms with Crippen molar-refractivity contribution in [2.24, 2.45) is 4.99 Å². The van der Waals surface area contributed by atoms with Gasteiger partial charge in [0.2, 0.25) is 0 Å². The molecule has 1 aromatic heterocycles. The van der Waals surface area contributed by atoms with Crippen molar-refractivity contribution in [1.29, 1.82) is 0 Å². The first-order chi connectivity index (χ1) is 14.6. The number of aromatic nitrogens is 1. The van der Waals surface area contributed by atoms with Crippen LogP contribution in [0.25, 0.3) is 10.2 Å². The van der Waals surface area contributed by atoms with Crippen molar-refractivity contribution in [2.75, 3.05) is 12.4 Å². The third-order valence-electron chi connectivity index (χ3n) is 4.60. The summed E-state index contributed by atoms with van der Waals surface area (Å²) >= 11 is 1.18. The summed E-state index contributed by atoms with van der Waals surface area (Å²) in [6.45, 7) is 5.62. The van der Waals surface area contributed by atoms with Crippen LogP contribution in [0, 0.1) is 19.7 Å². The Morgan fingerprint density at radius 3 is 2.42 bits per heavy atom. The van der Waals surface area contributed by atoms with Gasteiger partial charge in [0.1, 0.15) is 18.1 Å². The molecule has 1 amide bonds. The van der Waals surface area contributed by atoms with Crippen LogP contribution in [0.15, 0.2) is 46.3 Å². The number of sulfone groups is 1. The molecule has 0 aliphatic carbocycles. The maximum absolute atomic E-state index is 13.1. The summed E-state index contributed by atoms with van der Waals surface area (Å²) in [6.07, 6.45) is 0. The van der Waals surface area contributed by atoms with Gasteiger partial charge in [0.15, 0.2) is 14.6 Å². The molecule has 3 rings (SSSR count). The number of aryl methyl sites for hydroxylation is 2. The van der Waals surface area contributed by atoms with E-state index in [1.54, 1.807) is 11.5 Å². The number of hydrogen-bond donors (Lipinski definition) is 0. The van der Waals surface area contributed by atoms with E-state index in [9.17, 15) is 22.4 Å². The number of rotatable bonds is 6. The SMILES string of the molecule is CCOC(=O)Cn1c(=NC(=O)CS(=O)(=O)c2ccc(F)cc2)sc2cc(C)c(C)cc21. The summed E-state index contributed by atoms with van der Waals surface area (Å²) in [4.78, 5) is 28.6. The number of nitrogens with zero attached hydrogens (tertiary/aromatic N) is 2. The van der Waals surface area contributed by atoms with Crippen LogP contribution in [0.3, 0.4) is 0 Å². The first-order valence-corrected chi connectivity index (χ1v) is 11.9. The van der Waals surface area contributed by atoms with Gasteiger partial charge in [0.05, 0.1) is 21.7 Å². The smallest absolute Gasteiger partial charge is 0.326 e. The number of amides is 1. The van der Waals surface area contributed by atoms with E-state index in [0.717, 1.165) is 40.1 Å². The highest BCUT2D eigenvalue weighted by atomic mass is 32.2. The lowest BCUT2D eigenvalue weighted by atomic mass is 10.1. The van der Waals surface area contributed by atoms with Gasteiger partial charge < -0.3 is 9.30 Å². The zero-order valence-electron chi connectivity index (χ0n) is 17.2. The number of thiazole rings is 1. The lowest BCUT2D eigenvalue weighted by Gasteiger charge is -2.06. The predicted molar refractivity (Wildman–Crippen MR) is 115 cm³/mol. The van der Waals surface area contributed by atoms with Crippen LogP contribution in [-0.4, -0.2) is 37.2 Å². The van der Waals surface area contributed by atoms with E-state index in [-0.39, 0.29) is 22.8 Å². The molecule has 0 aliphatic rings. The summed E-state index contributed by atoms with van der Waals surface area (Å²) in [5.41, 5.74) is 2.74. The molecule has 0 unspecified atom stereocenters. The highest BCUT2D eigenvalue weighted by molar-refractivity contribution is 7.92. The fourth-order valence-electron chi connectivity index (χ4n) is 2.92. The topological polar surface area (TPSA) is 94.8 Å². The third kappa shape index (κ3) is 5.26. The number of hydrogen-bond acceptors (Lipinski definition) is 6. The van der Waals surface area contributed by atoms with Gasteiger partial charge in [-0.25, -0.2) is 12.8 Å². The van der Waals surface area contributed by atoms with E-state index < -0.39 is 33.3 Å². The average molecular weight is 465 g/mol. The summed E-state index contributed by atoms with van der Waals surface area (Å²) in [5, 5.41) is 0. The molecule has 164 valence electrons. The Labute approximate surface area is 182 Å². The van der Waals surface area contributed by atoms with Gasteiger partial charge in [-0.15, -0.1) is 0 Å². The van der Waals surface area contributed by atoms with Crippen LogP contribution in [-0.2, 0) is 30.7 Å². The molecule has 0 bridgehead atoms. The molecule has 10 heteroatoms. The van der Waals surface area contributed by atoms with Crippen molar-refractivity contribution < 1.29 is 27.1 Å². The minimum absolute atomic E-state index is 0.160. The van der Waals surface area contributed by atoms with E-state index in [4.69, 9.17) is 4.74 Å². The molecule has 0 aliphatic heterocycles. The standard InChI is InChI=1S/C21H21FN2O5S2/c1-4-29-20(26)11-24-17-9-13(2)14(3)10-18(17)30-21(24)23-19(25)12-31(27,28)16-7-5-15(22)6-8-16/h5-10H,4,11-12H2,1-3H3. The van der Waals surface area contributed by atoms with Crippen LogP contribution in [0.2, 0.25) is 0 Å². The zero-order valence-corrected chi connectivity index (χ0v) is 18.8. The van der Waals surface area contributed by atoms with Gasteiger partial charge in [-0.1, -0.05) is 11.3 Å². The Bertz CT molecular complexity index is 1320. The van der Waals surface area contributed by atoms with Gasteiger partial charge in [0.25, 0.3) is 5.91 Å². The number of carbonyl (C=O) groups is 2. The fourth-order valence-corrected chi connectivity index (χ4v) is 5.16. The number of benzene rings is 2. The van der Waals surface area contributed by atoms with E-state index in [1.165, 1.54) is 11.3 Å².